The van der Waals surface area contributed by atoms with Crippen molar-refractivity contribution in [1.82, 2.24) is 15.3 Å². The van der Waals surface area contributed by atoms with Gasteiger partial charge in [-0.05, 0) is 32.3 Å². The van der Waals surface area contributed by atoms with E-state index in [1.165, 1.54) is 11.9 Å². The molecule has 29 heavy (non-hydrogen) atoms. The molecule has 3 heterocycles. The number of fused-ring (bicyclic) bond motifs is 1. The van der Waals surface area contributed by atoms with Crippen molar-refractivity contribution in [3.63, 3.8) is 0 Å². The van der Waals surface area contributed by atoms with Crippen LogP contribution in [-0.4, -0.2) is 48.2 Å². The quantitative estimate of drug-likeness (QED) is 0.692. The topological polar surface area (TPSA) is 80.5 Å². The van der Waals surface area contributed by atoms with E-state index in [-0.39, 0.29) is 11.9 Å². The highest BCUT2D eigenvalue weighted by atomic mass is 16.5. The number of aromatic nitrogens is 2. The number of amides is 1. The lowest BCUT2D eigenvalue weighted by molar-refractivity contribution is 0.0938. The van der Waals surface area contributed by atoms with Crippen molar-refractivity contribution in [2.45, 2.75) is 32.7 Å². The Morgan fingerprint density at radius 2 is 1.97 bits per heavy atom. The van der Waals surface area contributed by atoms with E-state index in [1.807, 2.05) is 25.1 Å². The average molecular weight is 394 g/mol. The Morgan fingerprint density at radius 1 is 1.21 bits per heavy atom. The first-order valence-corrected chi connectivity index (χ1v) is 10.0. The molecule has 1 aromatic carbocycles. The van der Waals surface area contributed by atoms with Crippen LogP contribution < -0.4 is 10.2 Å². The van der Waals surface area contributed by atoms with Gasteiger partial charge < -0.3 is 19.4 Å². The summed E-state index contributed by atoms with van der Waals surface area (Å²) in [7, 11) is 0. The van der Waals surface area contributed by atoms with Crippen LogP contribution >= 0.6 is 0 Å². The summed E-state index contributed by atoms with van der Waals surface area (Å²) < 4.78 is 11.2. The fourth-order valence-corrected chi connectivity index (χ4v) is 3.71. The Hall–Kier alpha value is -2.93. The lowest BCUT2D eigenvalue weighted by atomic mass is 10.1. The van der Waals surface area contributed by atoms with Crippen LogP contribution in [0.15, 0.2) is 41.1 Å². The van der Waals surface area contributed by atoms with Crippen LogP contribution in [0.4, 0.5) is 5.82 Å². The molecule has 3 aromatic rings. The maximum atomic E-state index is 13.1. The van der Waals surface area contributed by atoms with Crippen molar-refractivity contribution >= 4 is 22.8 Å². The van der Waals surface area contributed by atoms with Crippen LogP contribution in [0.5, 0.6) is 0 Å². The third-order valence-corrected chi connectivity index (χ3v) is 5.27. The number of nitrogens with one attached hydrogen (secondary N) is 1. The van der Waals surface area contributed by atoms with E-state index in [9.17, 15) is 4.79 Å². The molecule has 1 amide bonds. The predicted octanol–water partition coefficient (Wildman–Crippen LogP) is 3.12. The van der Waals surface area contributed by atoms with Crippen LogP contribution in [0.2, 0.25) is 0 Å². The molecule has 152 valence electrons. The summed E-state index contributed by atoms with van der Waals surface area (Å²) in [6, 6.07) is 10.3. The molecule has 7 heteroatoms. The Kier molecular flexibility index (Phi) is 5.76. The molecule has 0 spiro atoms. The molecule has 1 N–H and O–H groups in total. The van der Waals surface area contributed by atoms with E-state index in [1.54, 1.807) is 6.92 Å². The molecule has 7 nitrogen and oxygen atoms in total. The van der Waals surface area contributed by atoms with Crippen molar-refractivity contribution in [2.75, 3.05) is 31.2 Å². The molecule has 1 atom stereocenters. The molecule has 1 aliphatic rings. The SMILES string of the molecule is Cc1oc2ncnc(N3CCOCC3)c2c1C(=O)N[C@H](C)CCc1ccccc1. The Labute approximate surface area is 170 Å². The van der Waals surface area contributed by atoms with Gasteiger partial charge in [-0.2, -0.15) is 0 Å². The number of anilines is 1. The first-order chi connectivity index (χ1) is 14.1. The van der Waals surface area contributed by atoms with Gasteiger partial charge in [-0.25, -0.2) is 9.97 Å². The minimum absolute atomic E-state index is 0.0310. The summed E-state index contributed by atoms with van der Waals surface area (Å²) in [6.45, 7) is 6.56. The first kappa shape index (κ1) is 19.4. The van der Waals surface area contributed by atoms with Crippen molar-refractivity contribution in [1.29, 1.82) is 0 Å². The minimum Gasteiger partial charge on any atom is -0.442 e. The zero-order valence-corrected chi connectivity index (χ0v) is 16.9. The zero-order chi connectivity index (χ0) is 20.2. The largest absolute Gasteiger partial charge is 0.442 e. The maximum absolute atomic E-state index is 13.1. The van der Waals surface area contributed by atoms with Crippen molar-refractivity contribution < 1.29 is 13.9 Å². The fourth-order valence-electron chi connectivity index (χ4n) is 3.71. The predicted molar refractivity (Wildman–Crippen MR) is 111 cm³/mol. The van der Waals surface area contributed by atoms with E-state index in [0.717, 1.165) is 31.7 Å². The molecule has 0 saturated carbocycles. The number of nitrogens with zero attached hydrogens (tertiary/aromatic N) is 3. The molecule has 0 unspecified atom stereocenters. The van der Waals surface area contributed by atoms with E-state index >= 15 is 0 Å². The summed E-state index contributed by atoms with van der Waals surface area (Å²) >= 11 is 0. The maximum Gasteiger partial charge on any atom is 0.255 e. The highest BCUT2D eigenvalue weighted by Crippen LogP contribution is 2.31. The highest BCUT2D eigenvalue weighted by Gasteiger charge is 2.26. The lowest BCUT2D eigenvalue weighted by Gasteiger charge is -2.28. The summed E-state index contributed by atoms with van der Waals surface area (Å²) in [4.78, 5) is 24.0. The van der Waals surface area contributed by atoms with Crippen molar-refractivity contribution in [2.24, 2.45) is 0 Å². The van der Waals surface area contributed by atoms with Gasteiger partial charge >= 0.3 is 0 Å². The number of morpholine rings is 1. The van der Waals surface area contributed by atoms with Gasteiger partial charge in [-0.3, -0.25) is 4.79 Å². The summed E-state index contributed by atoms with van der Waals surface area (Å²) in [5.74, 6) is 1.14. The fraction of sp³-hybridized carbons (Fsp3) is 0.409. The van der Waals surface area contributed by atoms with Gasteiger partial charge in [0.05, 0.1) is 24.2 Å². The van der Waals surface area contributed by atoms with E-state index in [4.69, 9.17) is 9.15 Å². The van der Waals surface area contributed by atoms with Gasteiger partial charge in [0.25, 0.3) is 5.91 Å². The summed E-state index contributed by atoms with van der Waals surface area (Å²) in [5.41, 5.74) is 2.23. The second-order valence-electron chi connectivity index (χ2n) is 7.41. The van der Waals surface area contributed by atoms with E-state index < -0.39 is 0 Å². The van der Waals surface area contributed by atoms with Gasteiger partial charge in [-0.15, -0.1) is 0 Å². The van der Waals surface area contributed by atoms with Crippen LogP contribution in [0.25, 0.3) is 11.1 Å². The average Bonchev–Trinajstić information content (AvgIpc) is 3.09. The lowest BCUT2D eigenvalue weighted by Crippen LogP contribution is -2.37. The van der Waals surface area contributed by atoms with Crippen LogP contribution in [0.1, 0.15) is 35.0 Å². The van der Waals surface area contributed by atoms with Crippen LogP contribution in [-0.2, 0) is 11.2 Å². The number of carbonyl (C=O) groups is 1. The molecule has 1 saturated heterocycles. The molecular weight excluding hydrogens is 368 g/mol. The molecule has 0 bridgehead atoms. The normalized spacial score (nSPS) is 15.4. The van der Waals surface area contributed by atoms with Gasteiger partial charge in [0, 0.05) is 19.1 Å². The summed E-state index contributed by atoms with van der Waals surface area (Å²) in [6.07, 6.45) is 3.26. The third-order valence-electron chi connectivity index (χ3n) is 5.27. The number of furan rings is 1. The number of aryl methyl sites for hydroxylation is 2. The second-order valence-corrected chi connectivity index (χ2v) is 7.41. The molecule has 1 fully saturated rings. The van der Waals surface area contributed by atoms with E-state index in [0.29, 0.717) is 35.6 Å². The highest BCUT2D eigenvalue weighted by molar-refractivity contribution is 6.10. The van der Waals surface area contributed by atoms with E-state index in [2.05, 4.69) is 32.3 Å². The molecule has 0 aliphatic carbocycles. The number of hydrogen-bond donors (Lipinski definition) is 1. The number of hydrogen-bond acceptors (Lipinski definition) is 6. The standard InChI is InChI=1S/C22H26N4O3/c1-15(8-9-17-6-4-3-5-7-17)25-21(27)18-16(2)29-22-19(18)20(23-14-24-22)26-10-12-28-13-11-26/h3-7,14-15H,8-13H2,1-2H3,(H,25,27)/t15-/m1/s1. The van der Waals surface area contributed by atoms with Gasteiger partial charge in [0.1, 0.15) is 17.9 Å². The molecule has 0 radical (unpaired) electrons. The Bertz CT molecular complexity index is 980. The van der Waals surface area contributed by atoms with Gasteiger partial charge in [0.15, 0.2) is 0 Å². The minimum atomic E-state index is -0.147. The number of rotatable bonds is 6. The third kappa shape index (κ3) is 4.24. The van der Waals surface area contributed by atoms with Gasteiger partial charge in [-0.1, -0.05) is 30.3 Å². The van der Waals surface area contributed by atoms with Crippen molar-refractivity contribution in [3.8, 4) is 0 Å². The van der Waals surface area contributed by atoms with Gasteiger partial charge in [0.2, 0.25) is 5.71 Å². The number of benzene rings is 1. The Morgan fingerprint density at radius 3 is 2.72 bits per heavy atom. The smallest absolute Gasteiger partial charge is 0.255 e. The second kappa shape index (κ2) is 8.61. The number of carbonyl (C=O) groups excluding carboxylic acids is 1. The monoisotopic (exact) mass is 394 g/mol. The molecular formula is C22H26N4O3. The molecule has 1 aliphatic heterocycles. The molecule has 4 rings (SSSR count). The van der Waals surface area contributed by atoms with Crippen LogP contribution in [0.3, 0.4) is 0 Å². The first-order valence-electron chi connectivity index (χ1n) is 10.0. The van der Waals surface area contributed by atoms with Crippen molar-refractivity contribution in [3.05, 3.63) is 53.5 Å². The Balaban J connectivity index is 1.54. The van der Waals surface area contributed by atoms with Crippen LogP contribution in [0, 0.1) is 6.92 Å². The zero-order valence-electron chi connectivity index (χ0n) is 16.9. The number of ether oxygens (including phenoxy) is 1. The summed E-state index contributed by atoms with van der Waals surface area (Å²) in [5, 5.41) is 3.80. The molecule has 2 aromatic heterocycles.